The number of anilines is 2. The third kappa shape index (κ3) is 2.46. The Labute approximate surface area is 135 Å². The number of aromatic nitrogens is 5. The maximum Gasteiger partial charge on any atom is 0.166 e. The second-order valence-electron chi connectivity index (χ2n) is 4.92. The fourth-order valence-electron chi connectivity index (χ4n) is 2.33. The Bertz CT molecular complexity index is 959. The van der Waals surface area contributed by atoms with Gasteiger partial charge in [-0.2, -0.15) is 0 Å². The fourth-order valence-corrected chi connectivity index (χ4v) is 2.33. The van der Waals surface area contributed by atoms with E-state index in [0.717, 1.165) is 5.56 Å². The number of hydrogen-bond acceptors (Lipinski definition) is 7. The van der Waals surface area contributed by atoms with Crippen LogP contribution in [-0.2, 0) is 6.54 Å². The molecule has 0 atom stereocenters. The van der Waals surface area contributed by atoms with E-state index in [1.165, 1.54) is 6.33 Å². The third-order valence-corrected chi connectivity index (χ3v) is 3.40. The van der Waals surface area contributed by atoms with Crippen molar-refractivity contribution in [3.8, 4) is 11.3 Å². The topological polar surface area (TPSA) is 107 Å². The minimum absolute atomic E-state index is 0. The molecule has 3 N–H and O–H groups in total. The van der Waals surface area contributed by atoms with E-state index in [-0.39, 0.29) is 4.28 Å². The molecule has 0 bridgehead atoms. The van der Waals surface area contributed by atoms with E-state index in [0.29, 0.717) is 35.1 Å². The minimum Gasteiger partial charge on any atom is -0.472 e. The van der Waals surface area contributed by atoms with Gasteiger partial charge in [0.1, 0.15) is 12.1 Å². The molecule has 8 nitrogen and oxygen atoms in total. The first-order valence-corrected chi connectivity index (χ1v) is 6.97. The summed E-state index contributed by atoms with van der Waals surface area (Å²) in [5, 5.41) is 7.46. The molecule has 0 aromatic carbocycles. The van der Waals surface area contributed by atoms with E-state index in [9.17, 15) is 0 Å². The van der Waals surface area contributed by atoms with Gasteiger partial charge in [-0.1, -0.05) is 0 Å². The number of nitrogen functional groups attached to an aromatic ring is 1. The van der Waals surface area contributed by atoms with E-state index in [1.807, 2.05) is 12.1 Å². The van der Waals surface area contributed by atoms with Crippen LogP contribution in [0.2, 0.25) is 0 Å². The summed E-state index contributed by atoms with van der Waals surface area (Å²) in [7, 11) is 0. The van der Waals surface area contributed by atoms with Crippen molar-refractivity contribution in [3.05, 3.63) is 55.0 Å². The Balaban J connectivity index is 0.00000113. The summed E-state index contributed by atoms with van der Waals surface area (Å²) >= 11 is 0. The van der Waals surface area contributed by atoms with E-state index >= 15 is 0 Å². The van der Waals surface area contributed by atoms with Crippen molar-refractivity contribution >= 4 is 17.3 Å². The highest BCUT2D eigenvalue weighted by atomic mass is 16.3. The SMILES string of the molecule is Nc1nn2cccnc2c1-c1cc(NCc2ccoc2)ncn1.[HH].[HH].[HH]. The molecule has 23 heavy (non-hydrogen) atoms. The molecule has 0 radical (unpaired) electrons. The van der Waals surface area contributed by atoms with Crippen molar-refractivity contribution in [1.29, 1.82) is 0 Å². The van der Waals surface area contributed by atoms with Crippen LogP contribution in [0.25, 0.3) is 16.9 Å². The summed E-state index contributed by atoms with van der Waals surface area (Å²) in [5.41, 5.74) is 9.07. The molecule has 8 heteroatoms. The van der Waals surface area contributed by atoms with Crippen LogP contribution in [0.1, 0.15) is 9.84 Å². The number of nitrogens with zero attached hydrogens (tertiary/aromatic N) is 5. The highest BCUT2D eigenvalue weighted by Gasteiger charge is 2.15. The van der Waals surface area contributed by atoms with Crippen LogP contribution in [0, 0.1) is 0 Å². The normalized spacial score (nSPS) is 11.0. The van der Waals surface area contributed by atoms with Crippen LogP contribution >= 0.6 is 0 Å². The van der Waals surface area contributed by atoms with E-state index in [2.05, 4.69) is 25.4 Å². The molecular weight excluding hydrogens is 294 g/mol. The van der Waals surface area contributed by atoms with E-state index < -0.39 is 0 Å². The molecule has 4 heterocycles. The summed E-state index contributed by atoms with van der Waals surface area (Å²) in [4.78, 5) is 12.8. The zero-order valence-corrected chi connectivity index (χ0v) is 12.0. The molecule has 0 amide bonds. The van der Waals surface area contributed by atoms with Gasteiger partial charge in [-0.05, 0) is 12.1 Å². The molecule has 0 aliphatic rings. The maximum atomic E-state index is 6.02. The second kappa shape index (κ2) is 5.41. The summed E-state index contributed by atoms with van der Waals surface area (Å²) < 4.78 is 6.67. The van der Waals surface area contributed by atoms with Gasteiger partial charge in [0.25, 0.3) is 0 Å². The van der Waals surface area contributed by atoms with Gasteiger partial charge < -0.3 is 15.5 Å². The molecule has 120 valence electrons. The van der Waals surface area contributed by atoms with Crippen molar-refractivity contribution in [2.24, 2.45) is 0 Å². The van der Waals surface area contributed by atoms with Gasteiger partial charge in [0, 0.05) is 34.8 Å². The van der Waals surface area contributed by atoms with Crippen LogP contribution < -0.4 is 11.1 Å². The monoisotopic (exact) mass is 313 g/mol. The first kappa shape index (κ1) is 13.3. The first-order valence-electron chi connectivity index (χ1n) is 6.97. The molecule has 0 saturated carbocycles. The lowest BCUT2D eigenvalue weighted by Crippen LogP contribution is -2.01. The van der Waals surface area contributed by atoms with Crippen LogP contribution in [0.5, 0.6) is 0 Å². The predicted molar refractivity (Wildman–Crippen MR) is 90.8 cm³/mol. The number of fused-ring (bicyclic) bond motifs is 1. The first-order chi connectivity index (χ1) is 11.3. The number of hydrogen-bond donors (Lipinski definition) is 2. The standard InChI is InChI=1S/C15H13N7O.3H2/c16-14-13(15-17-3-1-4-22(15)21-14)11-6-12(20-9-19-11)18-7-10-2-5-23-8-10;;;/h1-6,8-9H,7H2,(H2,16,21)(H,18,19,20);3*1H. The van der Waals surface area contributed by atoms with Gasteiger partial charge in [-0.15, -0.1) is 5.10 Å². The molecule has 4 aromatic rings. The number of nitrogens with one attached hydrogen (secondary N) is 1. The lowest BCUT2D eigenvalue weighted by molar-refractivity contribution is 0.564. The number of nitrogens with two attached hydrogens (primary N) is 1. The molecule has 0 unspecified atom stereocenters. The minimum atomic E-state index is 0. The molecular formula is C15H19N7O. The zero-order chi connectivity index (χ0) is 15.6. The van der Waals surface area contributed by atoms with Crippen molar-refractivity contribution in [2.45, 2.75) is 6.54 Å². The average Bonchev–Trinajstić information content (AvgIpc) is 3.19. The average molecular weight is 313 g/mol. The van der Waals surface area contributed by atoms with Crippen molar-refractivity contribution in [1.82, 2.24) is 24.6 Å². The predicted octanol–water partition coefficient (Wildman–Crippen LogP) is 2.71. The summed E-state index contributed by atoms with van der Waals surface area (Å²) in [6.45, 7) is 0.607. The Kier molecular flexibility index (Phi) is 3.12. The molecule has 0 aliphatic heterocycles. The van der Waals surface area contributed by atoms with Gasteiger partial charge in [0.15, 0.2) is 11.5 Å². The van der Waals surface area contributed by atoms with E-state index in [1.54, 1.807) is 35.5 Å². The van der Waals surface area contributed by atoms with Crippen LogP contribution in [0.4, 0.5) is 11.6 Å². The summed E-state index contributed by atoms with van der Waals surface area (Å²) in [6.07, 6.45) is 8.29. The Morgan fingerprint density at radius 2 is 2.26 bits per heavy atom. The van der Waals surface area contributed by atoms with E-state index in [4.69, 9.17) is 10.2 Å². The number of furan rings is 1. The molecule has 4 aromatic heterocycles. The lowest BCUT2D eigenvalue weighted by Gasteiger charge is -2.05. The smallest absolute Gasteiger partial charge is 0.166 e. The van der Waals surface area contributed by atoms with Crippen molar-refractivity contribution in [3.63, 3.8) is 0 Å². The van der Waals surface area contributed by atoms with Crippen LogP contribution in [0.3, 0.4) is 0 Å². The second-order valence-corrected chi connectivity index (χ2v) is 4.92. The molecule has 0 aliphatic carbocycles. The molecule has 0 saturated heterocycles. The Morgan fingerprint density at radius 3 is 3.13 bits per heavy atom. The Morgan fingerprint density at radius 1 is 1.30 bits per heavy atom. The fraction of sp³-hybridized carbons (Fsp3) is 0.0667. The van der Waals surface area contributed by atoms with Crippen molar-refractivity contribution < 1.29 is 8.70 Å². The quantitative estimate of drug-likeness (QED) is 0.596. The van der Waals surface area contributed by atoms with Gasteiger partial charge in [-0.3, -0.25) is 0 Å². The van der Waals surface area contributed by atoms with Crippen molar-refractivity contribution in [2.75, 3.05) is 11.1 Å². The number of rotatable bonds is 4. The molecule has 0 spiro atoms. The van der Waals surface area contributed by atoms with Crippen LogP contribution in [0.15, 0.2) is 53.9 Å². The highest BCUT2D eigenvalue weighted by Crippen LogP contribution is 2.28. The molecule has 4 rings (SSSR count). The maximum absolute atomic E-state index is 6.02. The van der Waals surface area contributed by atoms with Gasteiger partial charge in [0.05, 0.1) is 23.8 Å². The largest absolute Gasteiger partial charge is 0.472 e. The van der Waals surface area contributed by atoms with Gasteiger partial charge >= 0.3 is 0 Å². The zero-order valence-electron chi connectivity index (χ0n) is 12.0. The molecule has 0 fully saturated rings. The summed E-state index contributed by atoms with van der Waals surface area (Å²) in [5.74, 6) is 1.06. The summed E-state index contributed by atoms with van der Waals surface area (Å²) in [6, 6.07) is 5.51. The van der Waals surface area contributed by atoms with Crippen LogP contribution in [-0.4, -0.2) is 24.6 Å². The van der Waals surface area contributed by atoms with Gasteiger partial charge in [-0.25, -0.2) is 19.5 Å². The third-order valence-electron chi connectivity index (χ3n) is 3.40. The Hall–Kier alpha value is -3.42. The highest BCUT2D eigenvalue weighted by molar-refractivity contribution is 5.84. The van der Waals surface area contributed by atoms with Gasteiger partial charge in [0.2, 0.25) is 0 Å². The lowest BCUT2D eigenvalue weighted by atomic mass is 10.2.